The molecule has 8 N–H and O–H groups in total. The standard InChI is InChI=1S/C20H24FN10O9P/c21-20(4-32)13(33)12(18(39-20)31-7-27-11-16(31)28-19(23)29-17(11)34)40-41(35,36)37-3-8-1-2-9(38-8)30-6-26-10-14(22)24-5-25-15(10)30/h5-9,12-13,18,32-33H,1-4H2,(H,35,36)(H2,22,24,25)(H3,23,28,29,34)/t8-,9+,12+,13-,18+,20+/m0/s1. The van der Waals surface area contributed by atoms with Gasteiger partial charge in [0.05, 0.1) is 25.4 Å². The Bertz CT molecular complexity index is 1720. The fourth-order valence-electron chi connectivity index (χ4n) is 4.78. The average molecular weight is 598 g/mol. The molecule has 2 fully saturated rings. The summed E-state index contributed by atoms with van der Waals surface area (Å²) in [5, 5.41) is 20.1. The number of H-pyrrole nitrogens is 1. The van der Waals surface area contributed by atoms with Crippen molar-refractivity contribution in [3.8, 4) is 0 Å². The van der Waals surface area contributed by atoms with E-state index in [0.29, 0.717) is 24.0 Å². The lowest BCUT2D eigenvalue weighted by atomic mass is 10.1. The maximum absolute atomic E-state index is 15.2. The van der Waals surface area contributed by atoms with Crippen LogP contribution in [0.1, 0.15) is 25.3 Å². The van der Waals surface area contributed by atoms with Crippen LogP contribution in [0.25, 0.3) is 22.3 Å². The summed E-state index contributed by atoms with van der Waals surface area (Å²) in [7, 11) is -5.01. The molecule has 6 rings (SSSR count). The van der Waals surface area contributed by atoms with Crippen molar-refractivity contribution in [2.45, 2.75) is 49.5 Å². The molecule has 2 aliphatic heterocycles. The van der Waals surface area contributed by atoms with Gasteiger partial charge in [0, 0.05) is 0 Å². The van der Waals surface area contributed by atoms with Crippen LogP contribution in [0.3, 0.4) is 0 Å². The highest BCUT2D eigenvalue weighted by Gasteiger charge is 2.59. The van der Waals surface area contributed by atoms with Crippen molar-refractivity contribution in [1.82, 2.24) is 39.0 Å². The normalized spacial score (nSPS) is 29.9. The summed E-state index contributed by atoms with van der Waals surface area (Å²) in [4.78, 5) is 44.9. The number of fused-ring (bicyclic) bond motifs is 2. The summed E-state index contributed by atoms with van der Waals surface area (Å²) in [6.07, 6.45) is -2.40. The molecular formula is C20H24FN10O9P. The molecule has 2 saturated heterocycles. The third-order valence-electron chi connectivity index (χ3n) is 6.75. The van der Waals surface area contributed by atoms with Crippen molar-refractivity contribution in [3.05, 3.63) is 29.3 Å². The first-order valence-corrected chi connectivity index (χ1v) is 13.6. The number of phosphoric acid groups is 1. The number of ether oxygens (including phenoxy) is 2. The van der Waals surface area contributed by atoms with Crippen LogP contribution in [-0.4, -0.2) is 91.5 Å². The van der Waals surface area contributed by atoms with Crippen LogP contribution in [0.4, 0.5) is 16.2 Å². The Hall–Kier alpha value is -3.62. The van der Waals surface area contributed by atoms with E-state index in [2.05, 4.69) is 29.9 Å². The molecule has 21 heteroatoms. The quantitative estimate of drug-likeness (QED) is 0.131. The van der Waals surface area contributed by atoms with Gasteiger partial charge in [0.15, 0.2) is 28.9 Å². The number of rotatable bonds is 8. The zero-order chi connectivity index (χ0) is 29.1. The summed E-state index contributed by atoms with van der Waals surface area (Å²) < 4.78 is 52.1. The predicted molar refractivity (Wildman–Crippen MR) is 133 cm³/mol. The van der Waals surface area contributed by atoms with Gasteiger partial charge in [-0.15, -0.1) is 0 Å². The molecule has 0 saturated carbocycles. The van der Waals surface area contributed by atoms with Crippen LogP contribution in [0.15, 0.2) is 23.8 Å². The van der Waals surface area contributed by atoms with Gasteiger partial charge in [0.2, 0.25) is 5.95 Å². The van der Waals surface area contributed by atoms with E-state index in [4.69, 9.17) is 30.0 Å². The smallest absolute Gasteiger partial charge is 0.390 e. The number of nitrogens with two attached hydrogens (primary N) is 2. The van der Waals surface area contributed by atoms with E-state index in [0.717, 1.165) is 10.9 Å². The van der Waals surface area contributed by atoms with Crippen LogP contribution < -0.4 is 17.0 Å². The number of hydrogen-bond acceptors (Lipinski definition) is 15. The first-order chi connectivity index (χ1) is 19.5. The lowest BCUT2D eigenvalue weighted by Gasteiger charge is -2.24. The molecule has 0 radical (unpaired) electrons. The summed E-state index contributed by atoms with van der Waals surface area (Å²) in [5.41, 5.74) is 11.1. The molecular weight excluding hydrogens is 574 g/mol. The van der Waals surface area contributed by atoms with Gasteiger partial charge in [-0.25, -0.2) is 28.9 Å². The Morgan fingerprint density at radius 3 is 2.71 bits per heavy atom. The highest BCUT2D eigenvalue weighted by molar-refractivity contribution is 7.47. The van der Waals surface area contributed by atoms with Crippen LogP contribution in [0.2, 0.25) is 0 Å². The van der Waals surface area contributed by atoms with E-state index in [1.165, 1.54) is 12.7 Å². The summed E-state index contributed by atoms with van der Waals surface area (Å²) >= 11 is 0. The summed E-state index contributed by atoms with van der Waals surface area (Å²) in [6, 6.07) is 0. The maximum atomic E-state index is 15.2. The lowest BCUT2D eigenvalue weighted by molar-refractivity contribution is -0.206. The van der Waals surface area contributed by atoms with Crippen molar-refractivity contribution in [3.63, 3.8) is 0 Å². The third-order valence-corrected chi connectivity index (χ3v) is 7.74. The van der Waals surface area contributed by atoms with Crippen molar-refractivity contribution in [1.29, 1.82) is 0 Å². The second-order valence-electron chi connectivity index (χ2n) is 9.38. The monoisotopic (exact) mass is 598 g/mol. The highest BCUT2D eigenvalue weighted by atomic mass is 31.2. The molecule has 0 amide bonds. The minimum Gasteiger partial charge on any atom is -0.390 e. The first-order valence-electron chi connectivity index (χ1n) is 12.1. The molecule has 0 spiro atoms. The molecule has 220 valence electrons. The number of halogens is 1. The second kappa shape index (κ2) is 10.0. The average Bonchev–Trinajstić information content (AvgIpc) is 3.70. The van der Waals surface area contributed by atoms with Crippen molar-refractivity contribution < 1.29 is 42.6 Å². The first kappa shape index (κ1) is 27.5. The Balaban J connectivity index is 1.17. The number of hydrogen-bond donors (Lipinski definition) is 6. The number of nitrogen functional groups attached to an aromatic ring is 2. The Morgan fingerprint density at radius 2 is 1.93 bits per heavy atom. The number of phosphoric ester groups is 1. The van der Waals surface area contributed by atoms with Gasteiger partial charge in [-0.3, -0.25) is 28.0 Å². The molecule has 1 unspecified atom stereocenters. The number of nitrogens with one attached hydrogen (secondary N) is 1. The molecule has 2 aliphatic rings. The number of aromatic nitrogens is 8. The molecule has 41 heavy (non-hydrogen) atoms. The number of aliphatic hydroxyl groups is 2. The summed E-state index contributed by atoms with van der Waals surface area (Å²) in [5.74, 6) is -3.21. The zero-order valence-corrected chi connectivity index (χ0v) is 21.7. The van der Waals surface area contributed by atoms with E-state index >= 15 is 4.39 Å². The minimum absolute atomic E-state index is 0.197. The van der Waals surface area contributed by atoms with E-state index in [1.54, 1.807) is 4.57 Å². The van der Waals surface area contributed by atoms with Crippen LogP contribution in [0, 0.1) is 0 Å². The van der Waals surface area contributed by atoms with Gasteiger partial charge < -0.3 is 36.0 Å². The molecule has 4 aromatic heterocycles. The molecule has 19 nitrogen and oxygen atoms in total. The van der Waals surface area contributed by atoms with E-state index in [1.807, 2.05) is 0 Å². The van der Waals surface area contributed by atoms with Crippen LogP contribution >= 0.6 is 7.82 Å². The number of aliphatic hydroxyl groups excluding tert-OH is 2. The van der Waals surface area contributed by atoms with Gasteiger partial charge >= 0.3 is 7.82 Å². The Morgan fingerprint density at radius 1 is 1.17 bits per heavy atom. The van der Waals surface area contributed by atoms with Crippen LogP contribution in [0.5, 0.6) is 0 Å². The van der Waals surface area contributed by atoms with Crippen molar-refractivity contribution >= 4 is 41.9 Å². The number of alkyl halides is 1. The van der Waals surface area contributed by atoms with Gasteiger partial charge in [0.25, 0.3) is 11.4 Å². The van der Waals surface area contributed by atoms with Crippen molar-refractivity contribution in [2.75, 3.05) is 24.7 Å². The Labute approximate surface area is 227 Å². The largest absolute Gasteiger partial charge is 0.472 e. The Kier molecular flexibility index (Phi) is 6.74. The molecule has 0 aromatic carbocycles. The minimum atomic E-state index is -5.01. The molecule has 6 heterocycles. The number of imidazole rings is 2. The molecule has 4 aromatic rings. The van der Waals surface area contributed by atoms with E-state index < -0.39 is 63.2 Å². The molecule has 0 aliphatic carbocycles. The van der Waals surface area contributed by atoms with Crippen molar-refractivity contribution in [2.24, 2.45) is 0 Å². The fourth-order valence-corrected chi connectivity index (χ4v) is 5.72. The predicted octanol–water partition coefficient (Wildman–Crippen LogP) is -1.15. The fraction of sp³-hybridized carbons (Fsp3) is 0.500. The number of anilines is 2. The second-order valence-corrected chi connectivity index (χ2v) is 10.8. The number of nitrogens with zero attached hydrogens (tertiary/aromatic N) is 7. The third kappa shape index (κ3) is 4.83. The van der Waals surface area contributed by atoms with E-state index in [9.17, 15) is 24.5 Å². The highest BCUT2D eigenvalue weighted by Crippen LogP contribution is 2.52. The zero-order valence-electron chi connectivity index (χ0n) is 20.8. The number of aromatic amines is 1. The maximum Gasteiger partial charge on any atom is 0.472 e. The topological polar surface area (TPSA) is 274 Å². The SMILES string of the molecule is Nc1nc2c(ncn2[C@@H]2O[C@](F)(CO)[C@@H](O)[C@H]2OP(=O)(O)OC[C@@H]2CC[C@H](n3cnc4c(N)ncnc43)O2)c(=O)[nH]1. The van der Waals surface area contributed by atoms with Gasteiger partial charge in [-0.2, -0.15) is 4.98 Å². The van der Waals surface area contributed by atoms with Gasteiger partial charge in [-0.05, 0) is 12.8 Å². The van der Waals surface area contributed by atoms with Gasteiger partial charge in [-0.1, -0.05) is 0 Å². The molecule has 7 atom stereocenters. The molecule has 0 bridgehead atoms. The van der Waals surface area contributed by atoms with Crippen LogP contribution in [-0.2, 0) is 23.1 Å². The lowest BCUT2D eigenvalue weighted by Crippen LogP contribution is -2.43. The van der Waals surface area contributed by atoms with Gasteiger partial charge in [0.1, 0.15) is 36.9 Å². The summed E-state index contributed by atoms with van der Waals surface area (Å²) in [6.45, 7) is -1.74. The van der Waals surface area contributed by atoms with E-state index in [-0.39, 0.29) is 22.9 Å².